The summed E-state index contributed by atoms with van der Waals surface area (Å²) in [4.78, 5) is 23.6. The Morgan fingerprint density at radius 1 is 1.00 bits per heavy atom. The van der Waals surface area contributed by atoms with Gasteiger partial charge in [0.2, 0.25) is 5.91 Å². The molecule has 2 aromatic carbocycles. The molecule has 0 fully saturated rings. The van der Waals surface area contributed by atoms with Crippen molar-refractivity contribution in [1.82, 2.24) is 9.78 Å². The minimum absolute atomic E-state index is 0.213. The third-order valence-corrected chi connectivity index (χ3v) is 4.61. The fourth-order valence-corrected chi connectivity index (χ4v) is 3.57. The smallest absolute Gasteiger partial charge is 0.273 e. The monoisotopic (exact) mass is 444 g/mol. The first kappa shape index (κ1) is 19.6. The lowest BCUT2D eigenvalue weighted by Crippen LogP contribution is -2.14. The van der Waals surface area contributed by atoms with Crippen molar-refractivity contribution < 1.29 is 4.79 Å². The Balaban J connectivity index is 1.97. The van der Waals surface area contributed by atoms with Crippen LogP contribution in [0.3, 0.4) is 0 Å². The van der Waals surface area contributed by atoms with Gasteiger partial charge >= 0.3 is 0 Å². The molecule has 1 aromatic heterocycles. The number of carbonyl (C=O) groups is 1. The predicted octanol–water partition coefficient (Wildman–Crippen LogP) is 5.48. The van der Waals surface area contributed by atoms with Crippen molar-refractivity contribution in [3.63, 3.8) is 0 Å². The first-order chi connectivity index (χ1) is 12.7. The summed E-state index contributed by atoms with van der Waals surface area (Å²) in [5.41, 5.74) is 0.932. The van der Waals surface area contributed by atoms with Crippen molar-refractivity contribution in [2.45, 2.75) is 6.92 Å². The summed E-state index contributed by atoms with van der Waals surface area (Å²) in [6, 6.07) is 9.22. The molecule has 0 aliphatic carbocycles. The first-order valence-corrected chi connectivity index (χ1v) is 9.07. The molecule has 1 amide bonds. The van der Waals surface area contributed by atoms with Gasteiger partial charge in [-0.15, -0.1) is 0 Å². The van der Waals surface area contributed by atoms with Gasteiger partial charge in [-0.3, -0.25) is 14.7 Å². The molecule has 0 radical (unpaired) electrons. The minimum Gasteiger partial charge on any atom is -0.339 e. The van der Waals surface area contributed by atoms with Crippen LogP contribution in [0.1, 0.15) is 6.92 Å². The van der Waals surface area contributed by atoms with Crippen LogP contribution in [0.2, 0.25) is 20.1 Å². The SMILES string of the molecule is CC(=O)Nc1ccc(Cl)c(Nc2cc(=O)n(-c3c(Cl)cc(Cl)cc3Cl)[nH]2)c1. The highest BCUT2D eigenvalue weighted by molar-refractivity contribution is 6.40. The number of hydrogen-bond acceptors (Lipinski definition) is 3. The van der Waals surface area contributed by atoms with Gasteiger partial charge in [0.15, 0.2) is 0 Å². The van der Waals surface area contributed by atoms with Gasteiger partial charge in [-0.2, -0.15) is 0 Å². The van der Waals surface area contributed by atoms with E-state index in [9.17, 15) is 9.59 Å². The van der Waals surface area contributed by atoms with Crippen LogP contribution in [0.5, 0.6) is 0 Å². The van der Waals surface area contributed by atoms with Crippen LogP contribution in [0.15, 0.2) is 41.2 Å². The maximum atomic E-state index is 12.4. The van der Waals surface area contributed by atoms with E-state index in [2.05, 4.69) is 15.7 Å². The molecule has 3 N–H and O–H groups in total. The van der Waals surface area contributed by atoms with E-state index in [0.717, 1.165) is 0 Å². The van der Waals surface area contributed by atoms with Crippen molar-refractivity contribution in [3.05, 3.63) is 66.8 Å². The number of carbonyl (C=O) groups excluding carboxylic acids is 1. The quantitative estimate of drug-likeness (QED) is 0.497. The van der Waals surface area contributed by atoms with Crippen molar-refractivity contribution in [3.8, 4) is 5.69 Å². The molecule has 0 spiro atoms. The number of benzene rings is 2. The summed E-state index contributed by atoms with van der Waals surface area (Å²) in [7, 11) is 0. The maximum absolute atomic E-state index is 12.4. The molecule has 0 unspecified atom stereocenters. The van der Waals surface area contributed by atoms with E-state index in [1.54, 1.807) is 18.2 Å². The van der Waals surface area contributed by atoms with E-state index in [4.69, 9.17) is 46.4 Å². The molecule has 0 bridgehead atoms. The Hall–Kier alpha value is -2.12. The average molecular weight is 446 g/mol. The highest BCUT2D eigenvalue weighted by Gasteiger charge is 2.14. The van der Waals surface area contributed by atoms with Crippen LogP contribution in [0.25, 0.3) is 5.69 Å². The summed E-state index contributed by atoms with van der Waals surface area (Å²) in [6.07, 6.45) is 0. The number of H-pyrrole nitrogens is 1. The summed E-state index contributed by atoms with van der Waals surface area (Å²) in [5, 5.41) is 9.71. The zero-order valence-electron chi connectivity index (χ0n) is 13.7. The molecule has 1 heterocycles. The van der Waals surface area contributed by atoms with Crippen LogP contribution >= 0.6 is 46.4 Å². The van der Waals surface area contributed by atoms with Crippen LogP contribution in [0, 0.1) is 0 Å². The Bertz CT molecular complexity index is 1070. The minimum atomic E-state index is -0.391. The number of halogens is 4. The summed E-state index contributed by atoms with van der Waals surface area (Å²) >= 11 is 24.4. The lowest BCUT2D eigenvalue weighted by Gasteiger charge is -2.10. The maximum Gasteiger partial charge on any atom is 0.273 e. The largest absolute Gasteiger partial charge is 0.339 e. The molecule has 3 rings (SSSR count). The number of aromatic amines is 1. The number of nitrogens with one attached hydrogen (secondary N) is 3. The molecule has 140 valence electrons. The Morgan fingerprint density at radius 3 is 2.30 bits per heavy atom. The number of anilines is 3. The van der Waals surface area contributed by atoms with E-state index >= 15 is 0 Å². The number of aromatic nitrogens is 2. The molecule has 6 nitrogen and oxygen atoms in total. The lowest BCUT2D eigenvalue weighted by atomic mass is 10.2. The zero-order chi connectivity index (χ0) is 19.7. The van der Waals surface area contributed by atoms with Crippen LogP contribution < -0.4 is 16.2 Å². The molecular formula is C17H12Cl4N4O2. The average Bonchev–Trinajstić information content (AvgIpc) is 2.89. The molecule has 0 atom stereocenters. The summed E-state index contributed by atoms with van der Waals surface area (Å²) in [6.45, 7) is 1.40. The first-order valence-electron chi connectivity index (χ1n) is 7.56. The number of nitrogens with zero attached hydrogens (tertiary/aromatic N) is 1. The van der Waals surface area contributed by atoms with Crippen molar-refractivity contribution in [1.29, 1.82) is 0 Å². The number of amides is 1. The fourth-order valence-electron chi connectivity index (χ4n) is 2.42. The van der Waals surface area contributed by atoms with Gasteiger partial charge < -0.3 is 10.6 Å². The van der Waals surface area contributed by atoms with Gasteiger partial charge in [-0.1, -0.05) is 46.4 Å². The van der Waals surface area contributed by atoms with E-state index in [1.807, 2.05) is 0 Å². The topological polar surface area (TPSA) is 78.9 Å². The van der Waals surface area contributed by atoms with Gasteiger partial charge in [0.05, 0.1) is 20.8 Å². The molecule has 0 saturated carbocycles. The molecule has 10 heteroatoms. The van der Waals surface area contributed by atoms with Crippen LogP contribution in [-0.4, -0.2) is 15.7 Å². The highest BCUT2D eigenvalue weighted by atomic mass is 35.5. The van der Waals surface area contributed by atoms with E-state index < -0.39 is 5.56 Å². The molecule has 3 aromatic rings. The van der Waals surface area contributed by atoms with E-state index in [0.29, 0.717) is 27.2 Å². The Morgan fingerprint density at radius 2 is 1.67 bits per heavy atom. The van der Waals surface area contributed by atoms with Gasteiger partial charge in [-0.05, 0) is 30.3 Å². The van der Waals surface area contributed by atoms with Crippen LogP contribution in [0.4, 0.5) is 17.2 Å². The van der Waals surface area contributed by atoms with E-state index in [-0.39, 0.29) is 21.6 Å². The number of rotatable bonds is 4. The van der Waals surface area contributed by atoms with Crippen molar-refractivity contribution in [2.75, 3.05) is 10.6 Å². The predicted molar refractivity (Wildman–Crippen MR) is 110 cm³/mol. The molecular weight excluding hydrogens is 434 g/mol. The molecule has 0 aliphatic heterocycles. The Labute approximate surface area is 174 Å². The highest BCUT2D eigenvalue weighted by Crippen LogP contribution is 2.32. The normalized spacial score (nSPS) is 10.7. The second-order valence-corrected chi connectivity index (χ2v) is 7.22. The van der Waals surface area contributed by atoms with E-state index in [1.165, 1.54) is 29.8 Å². The third-order valence-electron chi connectivity index (χ3n) is 3.48. The summed E-state index contributed by atoms with van der Waals surface area (Å²) in [5.74, 6) is 0.138. The molecule has 0 aliphatic rings. The molecule has 27 heavy (non-hydrogen) atoms. The fraction of sp³-hybridized carbons (Fsp3) is 0.0588. The third kappa shape index (κ3) is 4.42. The van der Waals surface area contributed by atoms with Gasteiger partial charge in [0, 0.05) is 23.7 Å². The van der Waals surface area contributed by atoms with Crippen molar-refractivity contribution in [2.24, 2.45) is 0 Å². The lowest BCUT2D eigenvalue weighted by molar-refractivity contribution is -0.114. The second-order valence-electron chi connectivity index (χ2n) is 5.56. The summed E-state index contributed by atoms with van der Waals surface area (Å²) < 4.78 is 1.19. The molecule has 0 saturated heterocycles. The van der Waals surface area contributed by atoms with Gasteiger partial charge in [0.1, 0.15) is 11.5 Å². The number of hydrogen-bond donors (Lipinski definition) is 3. The Kier molecular flexibility index (Phi) is 5.72. The van der Waals surface area contributed by atoms with Crippen LogP contribution in [-0.2, 0) is 4.79 Å². The zero-order valence-corrected chi connectivity index (χ0v) is 16.8. The standard InChI is InChI=1S/C17H12Cl4N4O2/c1-8(26)22-10-2-3-11(19)14(6-10)23-15-7-16(27)25(24-15)17-12(20)4-9(18)5-13(17)21/h2-7,23-24H,1H3,(H,22,26). The van der Waals surface area contributed by atoms with Gasteiger partial charge in [0.25, 0.3) is 5.56 Å². The van der Waals surface area contributed by atoms with Gasteiger partial charge in [-0.25, -0.2) is 4.68 Å². The van der Waals surface area contributed by atoms with Crippen molar-refractivity contribution >= 4 is 69.5 Å². The second kappa shape index (κ2) is 7.86.